The van der Waals surface area contributed by atoms with E-state index in [4.69, 9.17) is 4.74 Å². The molecule has 0 bridgehead atoms. The predicted molar refractivity (Wildman–Crippen MR) is 59.4 cm³/mol. The third-order valence-electron chi connectivity index (χ3n) is 2.28. The van der Waals surface area contributed by atoms with Crippen molar-refractivity contribution >= 4 is 5.97 Å². The lowest BCUT2D eigenvalue weighted by atomic mass is 10.3. The van der Waals surface area contributed by atoms with Crippen LogP contribution in [-0.4, -0.2) is 22.4 Å². The molecular weight excluding hydrogens is 242 g/mol. The summed E-state index contributed by atoms with van der Waals surface area (Å²) in [6, 6.07) is 4.71. The lowest BCUT2D eigenvalue weighted by Gasteiger charge is -2.07. The molecule has 0 N–H and O–H groups in total. The average molecular weight is 252 g/mol. The van der Waals surface area contributed by atoms with Crippen LogP contribution in [-0.2, 0) is 4.74 Å². The third-order valence-corrected chi connectivity index (χ3v) is 2.28. The first kappa shape index (κ1) is 12.2. The number of benzene rings is 1. The van der Waals surface area contributed by atoms with Gasteiger partial charge in [0.25, 0.3) is 0 Å². The second kappa shape index (κ2) is 4.95. The van der Waals surface area contributed by atoms with E-state index in [9.17, 15) is 13.6 Å². The van der Waals surface area contributed by atoms with Crippen LogP contribution < -0.4 is 0 Å². The largest absolute Gasteiger partial charge is 0.461 e. The van der Waals surface area contributed by atoms with Gasteiger partial charge in [-0.25, -0.2) is 18.3 Å². The Labute approximate surface area is 102 Å². The smallest absolute Gasteiger partial charge is 0.357 e. The van der Waals surface area contributed by atoms with Crippen LogP contribution in [0.25, 0.3) is 5.69 Å². The highest BCUT2D eigenvalue weighted by Gasteiger charge is 2.15. The van der Waals surface area contributed by atoms with Crippen molar-refractivity contribution in [3.63, 3.8) is 0 Å². The van der Waals surface area contributed by atoms with Crippen molar-refractivity contribution in [2.24, 2.45) is 0 Å². The Bertz CT molecular complexity index is 581. The lowest BCUT2D eigenvalue weighted by Crippen LogP contribution is -2.12. The van der Waals surface area contributed by atoms with Gasteiger partial charge in [0.15, 0.2) is 17.3 Å². The molecule has 0 aliphatic rings. The predicted octanol–water partition coefficient (Wildman–Crippen LogP) is 2.33. The van der Waals surface area contributed by atoms with Crippen LogP contribution in [0.3, 0.4) is 0 Å². The van der Waals surface area contributed by atoms with Crippen LogP contribution in [0, 0.1) is 11.6 Å². The third kappa shape index (κ3) is 2.22. The monoisotopic (exact) mass is 252 g/mol. The summed E-state index contributed by atoms with van der Waals surface area (Å²) in [4.78, 5) is 11.6. The molecule has 2 aromatic rings. The molecule has 0 radical (unpaired) electrons. The van der Waals surface area contributed by atoms with Gasteiger partial charge in [0.05, 0.1) is 18.5 Å². The van der Waals surface area contributed by atoms with Gasteiger partial charge in [-0.1, -0.05) is 0 Å². The van der Waals surface area contributed by atoms with Crippen molar-refractivity contribution in [3.05, 3.63) is 47.8 Å². The number of hydrogen-bond donors (Lipinski definition) is 0. The standard InChI is InChI=1S/C12H10F2N2O2/c1-2-18-12(17)11-5-6-15-16(11)8-3-4-9(13)10(14)7-8/h3-7H,2H2,1H3. The summed E-state index contributed by atoms with van der Waals surface area (Å²) >= 11 is 0. The molecule has 4 nitrogen and oxygen atoms in total. The molecule has 0 atom stereocenters. The van der Waals surface area contributed by atoms with Gasteiger partial charge < -0.3 is 4.74 Å². The molecule has 1 aromatic heterocycles. The molecule has 0 aliphatic heterocycles. The topological polar surface area (TPSA) is 44.1 Å². The van der Waals surface area contributed by atoms with Crippen LogP contribution in [0.1, 0.15) is 17.4 Å². The van der Waals surface area contributed by atoms with Gasteiger partial charge in [0, 0.05) is 6.07 Å². The van der Waals surface area contributed by atoms with Gasteiger partial charge in [-0.15, -0.1) is 0 Å². The zero-order chi connectivity index (χ0) is 13.1. The van der Waals surface area contributed by atoms with E-state index in [-0.39, 0.29) is 18.0 Å². The molecule has 2 rings (SSSR count). The molecule has 0 saturated carbocycles. The van der Waals surface area contributed by atoms with E-state index in [1.165, 1.54) is 23.0 Å². The molecule has 1 heterocycles. The van der Waals surface area contributed by atoms with Crippen LogP contribution in [0.2, 0.25) is 0 Å². The van der Waals surface area contributed by atoms with Crippen molar-refractivity contribution in [1.82, 2.24) is 9.78 Å². The molecule has 0 amide bonds. The summed E-state index contributed by atoms with van der Waals surface area (Å²) in [5, 5.41) is 3.89. The first-order valence-electron chi connectivity index (χ1n) is 5.30. The van der Waals surface area contributed by atoms with Crippen molar-refractivity contribution in [1.29, 1.82) is 0 Å². The Morgan fingerprint density at radius 3 is 2.78 bits per heavy atom. The quantitative estimate of drug-likeness (QED) is 0.787. The number of nitrogens with zero attached hydrogens (tertiary/aromatic N) is 2. The van der Waals surface area contributed by atoms with E-state index in [2.05, 4.69) is 5.10 Å². The maximum Gasteiger partial charge on any atom is 0.357 e. The number of carbonyl (C=O) groups is 1. The first-order valence-corrected chi connectivity index (χ1v) is 5.30. The van der Waals surface area contributed by atoms with Crippen molar-refractivity contribution < 1.29 is 18.3 Å². The summed E-state index contributed by atoms with van der Waals surface area (Å²) in [7, 11) is 0. The number of carbonyl (C=O) groups excluding carboxylic acids is 1. The molecule has 0 spiro atoms. The van der Waals surface area contributed by atoms with Crippen molar-refractivity contribution in [2.45, 2.75) is 6.92 Å². The maximum absolute atomic E-state index is 13.1. The minimum absolute atomic E-state index is 0.155. The fraction of sp³-hybridized carbons (Fsp3) is 0.167. The minimum atomic E-state index is -1.00. The fourth-order valence-corrected chi connectivity index (χ4v) is 1.49. The molecule has 1 aromatic carbocycles. The Morgan fingerprint density at radius 2 is 2.11 bits per heavy atom. The molecule has 0 unspecified atom stereocenters. The number of esters is 1. The van der Waals surface area contributed by atoms with Gasteiger partial charge in [-0.05, 0) is 25.1 Å². The van der Waals surface area contributed by atoms with E-state index in [0.717, 1.165) is 12.1 Å². The van der Waals surface area contributed by atoms with Gasteiger partial charge in [0.2, 0.25) is 0 Å². The van der Waals surface area contributed by atoms with Crippen LogP contribution >= 0.6 is 0 Å². The zero-order valence-corrected chi connectivity index (χ0v) is 9.56. The number of rotatable bonds is 3. The van der Waals surface area contributed by atoms with E-state index in [1.54, 1.807) is 6.92 Å². The fourth-order valence-electron chi connectivity index (χ4n) is 1.49. The Morgan fingerprint density at radius 1 is 1.33 bits per heavy atom. The van der Waals surface area contributed by atoms with E-state index >= 15 is 0 Å². The van der Waals surface area contributed by atoms with Gasteiger partial charge in [-0.3, -0.25) is 0 Å². The highest BCUT2D eigenvalue weighted by atomic mass is 19.2. The van der Waals surface area contributed by atoms with E-state index in [1.807, 2.05) is 0 Å². The van der Waals surface area contributed by atoms with E-state index in [0.29, 0.717) is 0 Å². The number of aromatic nitrogens is 2. The van der Waals surface area contributed by atoms with Crippen LogP contribution in [0.4, 0.5) is 8.78 Å². The second-order valence-electron chi connectivity index (χ2n) is 3.45. The summed E-state index contributed by atoms with van der Waals surface area (Å²) in [5.41, 5.74) is 0.407. The average Bonchev–Trinajstić information content (AvgIpc) is 2.82. The molecule has 0 saturated heterocycles. The minimum Gasteiger partial charge on any atom is -0.461 e. The summed E-state index contributed by atoms with van der Waals surface area (Å²) < 4.78 is 32.0. The maximum atomic E-state index is 13.1. The highest BCUT2D eigenvalue weighted by molar-refractivity contribution is 5.88. The molecule has 0 fully saturated rings. The van der Waals surface area contributed by atoms with Crippen LogP contribution in [0.5, 0.6) is 0 Å². The number of hydrogen-bond acceptors (Lipinski definition) is 3. The second-order valence-corrected chi connectivity index (χ2v) is 3.45. The van der Waals surface area contributed by atoms with E-state index < -0.39 is 17.6 Å². The molecule has 94 valence electrons. The molecule has 18 heavy (non-hydrogen) atoms. The highest BCUT2D eigenvalue weighted by Crippen LogP contribution is 2.15. The molecular formula is C12H10F2N2O2. The van der Waals surface area contributed by atoms with Gasteiger partial charge in [-0.2, -0.15) is 5.10 Å². The Hall–Kier alpha value is -2.24. The van der Waals surface area contributed by atoms with Crippen LogP contribution in [0.15, 0.2) is 30.5 Å². The van der Waals surface area contributed by atoms with Crippen molar-refractivity contribution in [3.8, 4) is 5.69 Å². The Kier molecular flexibility index (Phi) is 3.36. The normalized spacial score (nSPS) is 10.4. The summed E-state index contributed by atoms with van der Waals surface area (Å²) in [5.74, 6) is -2.53. The number of ether oxygens (including phenoxy) is 1. The Balaban J connectivity index is 2.42. The number of halogens is 2. The first-order chi connectivity index (χ1) is 8.63. The lowest BCUT2D eigenvalue weighted by molar-refractivity contribution is 0.0515. The SMILES string of the molecule is CCOC(=O)c1ccnn1-c1ccc(F)c(F)c1. The molecule has 6 heteroatoms. The molecule has 0 aliphatic carbocycles. The summed E-state index contributed by atoms with van der Waals surface area (Å²) in [6.07, 6.45) is 1.38. The zero-order valence-electron chi connectivity index (χ0n) is 9.56. The van der Waals surface area contributed by atoms with Gasteiger partial charge >= 0.3 is 5.97 Å². The van der Waals surface area contributed by atoms with Crippen molar-refractivity contribution in [2.75, 3.05) is 6.61 Å². The van der Waals surface area contributed by atoms with Gasteiger partial charge in [0.1, 0.15) is 0 Å². The summed E-state index contributed by atoms with van der Waals surface area (Å²) in [6.45, 7) is 1.90.